The SMILES string of the molecule is C=C/C=C/C(Br)=CC/C=C/N=CC(F)F. The standard InChI is InChI=1S/C11H12BrF2N/c1-2-3-6-10(12)7-4-5-8-15-9-11(13)14/h2-3,5-9,11H,1,4H2/b6-3+,8-5+,10-7?,15-9?. The Morgan fingerprint density at radius 1 is 1.47 bits per heavy atom. The highest BCUT2D eigenvalue weighted by molar-refractivity contribution is 9.11. The number of alkyl halides is 2. The van der Waals surface area contributed by atoms with Crippen molar-refractivity contribution in [2.24, 2.45) is 4.99 Å². The van der Waals surface area contributed by atoms with Crippen molar-refractivity contribution >= 4 is 22.1 Å². The van der Waals surface area contributed by atoms with Crippen molar-refractivity contribution in [1.29, 1.82) is 0 Å². The van der Waals surface area contributed by atoms with E-state index in [1.807, 2.05) is 12.2 Å². The lowest BCUT2D eigenvalue weighted by molar-refractivity contribution is 0.231. The quantitative estimate of drug-likeness (QED) is 0.508. The lowest BCUT2D eigenvalue weighted by Gasteiger charge is -1.86. The monoisotopic (exact) mass is 275 g/mol. The number of halogens is 3. The molecule has 0 N–H and O–H groups in total. The lowest BCUT2D eigenvalue weighted by atomic mass is 10.3. The number of hydrogen-bond donors (Lipinski definition) is 0. The molecule has 0 aromatic rings. The van der Waals surface area contributed by atoms with Gasteiger partial charge in [0.1, 0.15) is 0 Å². The van der Waals surface area contributed by atoms with Crippen molar-refractivity contribution in [2.75, 3.05) is 0 Å². The summed E-state index contributed by atoms with van der Waals surface area (Å²) in [5, 5.41) is 0. The molecule has 1 nitrogen and oxygen atoms in total. The molecule has 0 aromatic heterocycles. The molecular formula is C11H12BrF2N. The zero-order valence-corrected chi connectivity index (χ0v) is 9.70. The summed E-state index contributed by atoms with van der Waals surface area (Å²) in [6.45, 7) is 3.53. The van der Waals surface area contributed by atoms with Crippen LogP contribution in [0.15, 0.2) is 52.6 Å². The summed E-state index contributed by atoms with van der Waals surface area (Å²) in [6, 6.07) is 0. The zero-order valence-electron chi connectivity index (χ0n) is 8.11. The maximum Gasteiger partial charge on any atom is 0.273 e. The van der Waals surface area contributed by atoms with Crippen LogP contribution in [0.1, 0.15) is 6.42 Å². The van der Waals surface area contributed by atoms with Crippen LogP contribution in [0.5, 0.6) is 0 Å². The normalized spacial score (nSPS) is 13.7. The van der Waals surface area contributed by atoms with Crippen molar-refractivity contribution in [1.82, 2.24) is 0 Å². The number of hydrogen-bond acceptors (Lipinski definition) is 1. The molecule has 0 saturated carbocycles. The second kappa shape index (κ2) is 9.52. The molecule has 0 aliphatic heterocycles. The van der Waals surface area contributed by atoms with E-state index in [4.69, 9.17) is 0 Å². The molecule has 15 heavy (non-hydrogen) atoms. The molecule has 0 aromatic carbocycles. The lowest BCUT2D eigenvalue weighted by Crippen LogP contribution is -1.87. The highest BCUT2D eigenvalue weighted by Crippen LogP contribution is 2.07. The molecule has 0 heterocycles. The Hall–Kier alpha value is -1.03. The Morgan fingerprint density at radius 2 is 2.20 bits per heavy atom. The third-order valence-electron chi connectivity index (χ3n) is 1.23. The summed E-state index contributed by atoms with van der Waals surface area (Å²) >= 11 is 3.31. The molecule has 0 radical (unpaired) electrons. The molecule has 0 amide bonds. The van der Waals surface area contributed by atoms with Crippen molar-refractivity contribution < 1.29 is 8.78 Å². The molecule has 4 heteroatoms. The van der Waals surface area contributed by atoms with Gasteiger partial charge in [0.25, 0.3) is 6.43 Å². The second-order valence-electron chi connectivity index (χ2n) is 2.44. The van der Waals surface area contributed by atoms with E-state index < -0.39 is 6.43 Å². The van der Waals surface area contributed by atoms with Crippen molar-refractivity contribution in [3.63, 3.8) is 0 Å². The molecule has 82 valence electrons. The van der Waals surface area contributed by atoms with Gasteiger partial charge in [-0.25, -0.2) is 8.78 Å². The van der Waals surface area contributed by atoms with Gasteiger partial charge in [0.15, 0.2) is 0 Å². The zero-order chi connectivity index (χ0) is 11.5. The summed E-state index contributed by atoms with van der Waals surface area (Å²) in [4.78, 5) is 3.40. The van der Waals surface area contributed by atoms with Gasteiger partial charge in [-0.2, -0.15) is 0 Å². The number of rotatable bonds is 6. The van der Waals surface area contributed by atoms with Gasteiger partial charge in [-0.05, 0) is 12.5 Å². The van der Waals surface area contributed by atoms with Crippen molar-refractivity contribution in [3.05, 3.63) is 47.6 Å². The van der Waals surface area contributed by atoms with Crippen LogP contribution in [0.4, 0.5) is 8.78 Å². The fourth-order valence-electron chi connectivity index (χ4n) is 0.645. The smallest absolute Gasteiger partial charge is 0.263 e. The predicted octanol–water partition coefficient (Wildman–Crippen LogP) is 4.25. The van der Waals surface area contributed by atoms with Crippen molar-refractivity contribution in [2.45, 2.75) is 12.8 Å². The summed E-state index contributed by atoms with van der Waals surface area (Å²) in [5.74, 6) is 0. The molecular weight excluding hydrogens is 264 g/mol. The second-order valence-corrected chi connectivity index (χ2v) is 3.35. The molecule has 0 saturated heterocycles. The average Bonchev–Trinajstić information content (AvgIpc) is 2.19. The third-order valence-corrected chi connectivity index (χ3v) is 1.82. The predicted molar refractivity (Wildman–Crippen MR) is 64.6 cm³/mol. The van der Waals surface area contributed by atoms with Crippen LogP contribution in [0.25, 0.3) is 0 Å². The minimum atomic E-state index is -2.49. The summed E-state index contributed by atoms with van der Waals surface area (Å²) in [5.41, 5.74) is 0. The van der Waals surface area contributed by atoms with E-state index in [0.29, 0.717) is 12.6 Å². The van der Waals surface area contributed by atoms with Gasteiger partial charge < -0.3 is 0 Å². The van der Waals surface area contributed by atoms with E-state index in [-0.39, 0.29) is 0 Å². The Kier molecular flexibility index (Phi) is 8.87. The molecule has 0 fully saturated rings. The fourth-order valence-corrected chi connectivity index (χ4v) is 0.985. The van der Waals surface area contributed by atoms with Crippen LogP contribution < -0.4 is 0 Å². The average molecular weight is 276 g/mol. The van der Waals surface area contributed by atoms with E-state index in [1.54, 1.807) is 18.2 Å². The summed E-state index contributed by atoms with van der Waals surface area (Å²) in [7, 11) is 0. The maximum atomic E-state index is 11.6. The number of allylic oxidation sites excluding steroid dienone is 6. The summed E-state index contributed by atoms with van der Waals surface area (Å²) < 4.78 is 24.1. The highest BCUT2D eigenvalue weighted by Gasteiger charge is 1.90. The molecule has 0 atom stereocenters. The van der Waals surface area contributed by atoms with Crippen LogP contribution >= 0.6 is 15.9 Å². The minimum absolute atomic E-state index is 0.590. The fraction of sp³-hybridized carbons (Fsp3) is 0.182. The molecule has 0 unspecified atom stereocenters. The molecule has 0 aliphatic rings. The van der Waals surface area contributed by atoms with E-state index in [2.05, 4.69) is 27.5 Å². The highest BCUT2D eigenvalue weighted by atomic mass is 79.9. The Morgan fingerprint density at radius 3 is 2.80 bits per heavy atom. The first-order chi connectivity index (χ1) is 7.16. The van der Waals surface area contributed by atoms with Crippen LogP contribution in [0.3, 0.4) is 0 Å². The van der Waals surface area contributed by atoms with Crippen LogP contribution in [0, 0.1) is 0 Å². The van der Waals surface area contributed by atoms with Crippen LogP contribution in [-0.4, -0.2) is 12.6 Å². The van der Waals surface area contributed by atoms with Gasteiger partial charge in [-0.1, -0.05) is 46.8 Å². The largest absolute Gasteiger partial charge is 0.273 e. The van der Waals surface area contributed by atoms with E-state index in [9.17, 15) is 8.78 Å². The summed E-state index contributed by atoms with van der Waals surface area (Å²) in [6.07, 6.45) is 8.93. The van der Waals surface area contributed by atoms with E-state index >= 15 is 0 Å². The van der Waals surface area contributed by atoms with Gasteiger partial charge in [-0.3, -0.25) is 4.99 Å². The first kappa shape index (κ1) is 14.0. The number of aliphatic imine (C=N–C) groups is 1. The topological polar surface area (TPSA) is 12.4 Å². The van der Waals surface area contributed by atoms with E-state index in [0.717, 1.165) is 4.48 Å². The van der Waals surface area contributed by atoms with Gasteiger partial charge >= 0.3 is 0 Å². The van der Waals surface area contributed by atoms with Gasteiger partial charge in [0.2, 0.25) is 0 Å². The molecule has 0 bridgehead atoms. The van der Waals surface area contributed by atoms with Crippen LogP contribution in [-0.2, 0) is 0 Å². The Balaban J connectivity index is 3.86. The van der Waals surface area contributed by atoms with Crippen molar-refractivity contribution in [3.8, 4) is 0 Å². The maximum absolute atomic E-state index is 11.6. The Bertz CT molecular complexity index is 291. The van der Waals surface area contributed by atoms with Gasteiger partial charge in [0.05, 0.1) is 6.21 Å². The van der Waals surface area contributed by atoms with Gasteiger partial charge in [0, 0.05) is 10.7 Å². The molecule has 0 spiro atoms. The van der Waals surface area contributed by atoms with E-state index in [1.165, 1.54) is 6.20 Å². The Labute approximate surface area is 96.7 Å². The molecule has 0 aliphatic carbocycles. The minimum Gasteiger partial charge on any atom is -0.263 e. The number of nitrogens with zero attached hydrogens (tertiary/aromatic N) is 1. The first-order valence-electron chi connectivity index (χ1n) is 4.28. The van der Waals surface area contributed by atoms with Crippen LogP contribution in [0.2, 0.25) is 0 Å². The third kappa shape index (κ3) is 10.9. The molecule has 0 rings (SSSR count). The van der Waals surface area contributed by atoms with Gasteiger partial charge in [-0.15, -0.1) is 0 Å². The first-order valence-corrected chi connectivity index (χ1v) is 5.07.